The first-order valence-electron chi connectivity index (χ1n) is 8.84. The summed E-state index contributed by atoms with van der Waals surface area (Å²) < 4.78 is 10.5. The maximum Gasteiger partial charge on any atom is 0.338 e. The molecule has 4 nitrogen and oxygen atoms in total. The van der Waals surface area contributed by atoms with E-state index in [1.54, 1.807) is 24.3 Å². The van der Waals surface area contributed by atoms with Gasteiger partial charge in [0.25, 0.3) is 0 Å². The lowest BCUT2D eigenvalue weighted by molar-refractivity contribution is 0.0480. The smallest absolute Gasteiger partial charge is 0.338 e. The molecule has 0 aliphatic rings. The second-order valence-corrected chi connectivity index (χ2v) is 6.92. The number of ether oxygens (including phenoxy) is 2. The Hall–Kier alpha value is -1.84. The van der Waals surface area contributed by atoms with Crippen molar-refractivity contribution in [1.82, 2.24) is 0 Å². The van der Waals surface area contributed by atoms with Gasteiger partial charge in [-0.05, 0) is 61.8 Å². The molecule has 0 bridgehead atoms. The van der Waals surface area contributed by atoms with Crippen LogP contribution in [0.4, 0.5) is 0 Å². The fourth-order valence-corrected chi connectivity index (χ4v) is 2.22. The van der Waals surface area contributed by atoms with Crippen LogP contribution in [0.5, 0.6) is 0 Å². The average Bonchev–Trinajstić information content (AvgIpc) is 2.55. The van der Waals surface area contributed by atoms with Gasteiger partial charge in [0.15, 0.2) is 0 Å². The van der Waals surface area contributed by atoms with Gasteiger partial charge in [-0.2, -0.15) is 0 Å². The van der Waals surface area contributed by atoms with Crippen LogP contribution in [0.25, 0.3) is 0 Å². The highest BCUT2D eigenvalue weighted by Crippen LogP contribution is 2.10. The molecule has 0 aromatic heterocycles. The van der Waals surface area contributed by atoms with Gasteiger partial charge in [-0.15, -0.1) is 0 Å². The van der Waals surface area contributed by atoms with Gasteiger partial charge < -0.3 is 9.47 Å². The number of carbonyl (C=O) groups is 2. The highest BCUT2D eigenvalue weighted by molar-refractivity contribution is 5.93. The van der Waals surface area contributed by atoms with E-state index in [0.717, 1.165) is 25.7 Å². The Morgan fingerprint density at radius 2 is 1.08 bits per heavy atom. The van der Waals surface area contributed by atoms with E-state index in [4.69, 9.17) is 9.47 Å². The number of benzene rings is 1. The Labute approximate surface area is 145 Å². The van der Waals surface area contributed by atoms with Gasteiger partial charge in [-0.3, -0.25) is 0 Å². The van der Waals surface area contributed by atoms with Gasteiger partial charge in [-0.1, -0.05) is 27.7 Å². The molecule has 1 rings (SSSR count). The normalized spacial score (nSPS) is 10.9. The minimum atomic E-state index is -0.351. The van der Waals surface area contributed by atoms with Crippen LogP contribution in [-0.4, -0.2) is 25.2 Å². The van der Waals surface area contributed by atoms with Crippen LogP contribution in [0.15, 0.2) is 24.3 Å². The zero-order chi connectivity index (χ0) is 17.9. The average molecular weight is 334 g/mol. The lowest BCUT2D eigenvalue weighted by atomic mass is 10.1. The fraction of sp³-hybridized carbons (Fsp3) is 0.600. The lowest BCUT2D eigenvalue weighted by Crippen LogP contribution is -2.09. The summed E-state index contributed by atoms with van der Waals surface area (Å²) >= 11 is 0. The van der Waals surface area contributed by atoms with Crippen molar-refractivity contribution < 1.29 is 19.1 Å². The fourth-order valence-electron chi connectivity index (χ4n) is 2.22. The summed E-state index contributed by atoms with van der Waals surface area (Å²) in [6.45, 7) is 9.42. The summed E-state index contributed by atoms with van der Waals surface area (Å²) in [6, 6.07) is 6.43. The first-order valence-corrected chi connectivity index (χ1v) is 8.84. The molecule has 0 saturated carbocycles. The molecule has 0 saturated heterocycles. The van der Waals surface area contributed by atoms with Crippen molar-refractivity contribution in [3.8, 4) is 0 Å². The molecule has 0 heterocycles. The summed E-state index contributed by atoms with van der Waals surface area (Å²) in [5, 5.41) is 0. The molecule has 0 unspecified atom stereocenters. The minimum absolute atomic E-state index is 0.351. The number of hydrogen-bond acceptors (Lipinski definition) is 4. The summed E-state index contributed by atoms with van der Waals surface area (Å²) in [5.41, 5.74) is 0.909. The third-order valence-corrected chi connectivity index (χ3v) is 3.67. The molecule has 0 amide bonds. The van der Waals surface area contributed by atoms with Crippen molar-refractivity contribution in [2.75, 3.05) is 13.2 Å². The van der Waals surface area contributed by atoms with E-state index >= 15 is 0 Å². The van der Waals surface area contributed by atoms with Crippen LogP contribution in [0.2, 0.25) is 0 Å². The van der Waals surface area contributed by atoms with Gasteiger partial charge >= 0.3 is 11.9 Å². The first kappa shape index (κ1) is 20.2. The van der Waals surface area contributed by atoms with Gasteiger partial charge in [-0.25, -0.2) is 9.59 Å². The zero-order valence-corrected chi connectivity index (χ0v) is 15.3. The van der Waals surface area contributed by atoms with Gasteiger partial charge in [0, 0.05) is 0 Å². The van der Waals surface area contributed by atoms with Crippen LogP contribution in [-0.2, 0) is 9.47 Å². The molecule has 0 N–H and O–H groups in total. The van der Waals surface area contributed by atoms with Gasteiger partial charge in [0.2, 0.25) is 0 Å². The quantitative estimate of drug-likeness (QED) is 0.452. The predicted octanol–water partition coefficient (Wildman–Crippen LogP) is 4.87. The SMILES string of the molecule is CC(C)CCCOC(=O)c1ccc(C(=O)OCCCC(C)C)cc1. The summed E-state index contributed by atoms with van der Waals surface area (Å²) in [4.78, 5) is 23.8. The Morgan fingerprint density at radius 3 is 1.38 bits per heavy atom. The number of esters is 2. The first-order chi connectivity index (χ1) is 11.4. The number of carbonyl (C=O) groups excluding carboxylic acids is 2. The molecule has 0 radical (unpaired) electrons. The second kappa shape index (κ2) is 10.8. The molecule has 0 aliphatic heterocycles. The molecule has 0 atom stereocenters. The topological polar surface area (TPSA) is 52.6 Å². The molecular formula is C20H30O4. The van der Waals surface area contributed by atoms with Gasteiger partial charge in [0.05, 0.1) is 24.3 Å². The van der Waals surface area contributed by atoms with Crippen molar-refractivity contribution >= 4 is 11.9 Å². The van der Waals surface area contributed by atoms with Crippen LogP contribution >= 0.6 is 0 Å². The largest absolute Gasteiger partial charge is 0.462 e. The zero-order valence-electron chi connectivity index (χ0n) is 15.3. The molecule has 1 aromatic carbocycles. The van der Waals surface area contributed by atoms with E-state index in [1.807, 2.05) is 0 Å². The third kappa shape index (κ3) is 8.14. The summed E-state index contributed by atoms with van der Waals surface area (Å²) in [7, 11) is 0. The lowest BCUT2D eigenvalue weighted by Gasteiger charge is -2.08. The van der Waals surface area contributed by atoms with Gasteiger partial charge in [0.1, 0.15) is 0 Å². The van der Waals surface area contributed by atoms with Crippen LogP contribution in [0, 0.1) is 11.8 Å². The molecule has 4 heteroatoms. The third-order valence-electron chi connectivity index (χ3n) is 3.67. The van der Waals surface area contributed by atoms with Crippen molar-refractivity contribution in [2.24, 2.45) is 11.8 Å². The van der Waals surface area contributed by atoms with Crippen molar-refractivity contribution in [3.05, 3.63) is 35.4 Å². The molecule has 0 fully saturated rings. The Bertz CT molecular complexity index is 456. The number of rotatable bonds is 10. The van der Waals surface area contributed by atoms with E-state index in [1.165, 1.54) is 0 Å². The minimum Gasteiger partial charge on any atom is -0.462 e. The Kier molecular flexibility index (Phi) is 9.13. The highest BCUT2D eigenvalue weighted by atomic mass is 16.5. The highest BCUT2D eigenvalue weighted by Gasteiger charge is 2.11. The predicted molar refractivity (Wildman–Crippen MR) is 95.2 cm³/mol. The molecule has 1 aromatic rings. The monoisotopic (exact) mass is 334 g/mol. The van der Waals surface area contributed by atoms with Crippen LogP contribution < -0.4 is 0 Å². The Morgan fingerprint density at radius 1 is 0.750 bits per heavy atom. The molecule has 24 heavy (non-hydrogen) atoms. The molecule has 134 valence electrons. The maximum absolute atomic E-state index is 11.9. The summed E-state index contributed by atoms with van der Waals surface area (Å²) in [6.07, 6.45) is 3.80. The van der Waals surface area contributed by atoms with E-state index < -0.39 is 0 Å². The summed E-state index contributed by atoms with van der Waals surface area (Å²) in [5.74, 6) is 0.510. The molecule has 0 spiro atoms. The standard InChI is InChI=1S/C20H30O4/c1-15(2)7-5-13-23-19(21)17-9-11-18(12-10-17)20(22)24-14-6-8-16(3)4/h9-12,15-16H,5-8,13-14H2,1-4H3. The van der Waals surface area contributed by atoms with Crippen molar-refractivity contribution in [2.45, 2.75) is 53.4 Å². The Balaban J connectivity index is 2.38. The second-order valence-electron chi connectivity index (χ2n) is 6.92. The van der Waals surface area contributed by atoms with E-state index in [0.29, 0.717) is 36.2 Å². The van der Waals surface area contributed by atoms with E-state index in [-0.39, 0.29) is 11.9 Å². The van der Waals surface area contributed by atoms with Crippen molar-refractivity contribution in [1.29, 1.82) is 0 Å². The van der Waals surface area contributed by atoms with E-state index in [9.17, 15) is 9.59 Å². The van der Waals surface area contributed by atoms with Crippen molar-refractivity contribution in [3.63, 3.8) is 0 Å². The maximum atomic E-state index is 11.9. The molecular weight excluding hydrogens is 304 g/mol. The van der Waals surface area contributed by atoms with E-state index in [2.05, 4.69) is 27.7 Å². The van der Waals surface area contributed by atoms with Crippen LogP contribution in [0.1, 0.15) is 74.1 Å². The number of hydrogen-bond donors (Lipinski definition) is 0. The van der Waals surface area contributed by atoms with Crippen LogP contribution in [0.3, 0.4) is 0 Å². The molecule has 0 aliphatic carbocycles.